The van der Waals surface area contributed by atoms with Gasteiger partial charge in [-0.3, -0.25) is 9.20 Å². The highest BCUT2D eigenvalue weighted by atomic mass is 35.5. The first-order valence-electron chi connectivity index (χ1n) is 8.75. The van der Waals surface area contributed by atoms with E-state index in [1.165, 1.54) is 47.2 Å². The van der Waals surface area contributed by atoms with E-state index in [0.29, 0.717) is 23.1 Å². The molecule has 1 aromatic carbocycles. The monoisotopic (exact) mass is 449 g/mol. The summed E-state index contributed by atoms with van der Waals surface area (Å²) in [6.07, 6.45) is 0.708. The average Bonchev–Trinajstić information content (AvgIpc) is 3.15. The molecule has 0 atom stereocenters. The van der Waals surface area contributed by atoms with Crippen LogP contribution in [0.4, 0.5) is 23.2 Å². The molecule has 0 aliphatic heterocycles. The molecule has 11 heteroatoms. The summed E-state index contributed by atoms with van der Waals surface area (Å²) < 4.78 is 54.0. The van der Waals surface area contributed by atoms with Crippen LogP contribution in [0.15, 0.2) is 55.1 Å². The first-order valence-corrected chi connectivity index (χ1v) is 9.13. The lowest BCUT2D eigenvalue weighted by molar-refractivity contribution is -0.139. The van der Waals surface area contributed by atoms with E-state index in [0.717, 1.165) is 12.1 Å². The van der Waals surface area contributed by atoms with Gasteiger partial charge in [0.05, 0.1) is 35.5 Å². The second-order valence-corrected chi connectivity index (χ2v) is 6.93. The molecule has 0 spiro atoms. The van der Waals surface area contributed by atoms with Gasteiger partial charge in [0.15, 0.2) is 5.65 Å². The Kier molecular flexibility index (Phi) is 5.10. The number of carbonyl (C=O) groups excluding carboxylic acids is 1. The van der Waals surface area contributed by atoms with Gasteiger partial charge < -0.3 is 4.90 Å². The van der Waals surface area contributed by atoms with Gasteiger partial charge in [-0.25, -0.2) is 19.3 Å². The van der Waals surface area contributed by atoms with E-state index in [1.54, 1.807) is 6.07 Å². The number of aromatic nitrogens is 4. The summed E-state index contributed by atoms with van der Waals surface area (Å²) in [4.78, 5) is 26.3. The van der Waals surface area contributed by atoms with E-state index in [4.69, 9.17) is 11.6 Å². The summed E-state index contributed by atoms with van der Waals surface area (Å²) in [6, 6.07) is 5.73. The number of halogens is 5. The zero-order valence-electron chi connectivity index (χ0n) is 15.7. The van der Waals surface area contributed by atoms with Crippen LogP contribution in [0.1, 0.15) is 16.1 Å². The van der Waals surface area contributed by atoms with E-state index >= 15 is 0 Å². The number of alkyl halides is 3. The summed E-state index contributed by atoms with van der Waals surface area (Å²) in [5, 5.41) is 0.274. The molecule has 0 bridgehead atoms. The van der Waals surface area contributed by atoms with Crippen LogP contribution in [0.25, 0.3) is 16.9 Å². The van der Waals surface area contributed by atoms with Gasteiger partial charge >= 0.3 is 6.18 Å². The van der Waals surface area contributed by atoms with E-state index in [2.05, 4.69) is 15.0 Å². The molecule has 0 N–H and O–H groups in total. The minimum atomic E-state index is -4.80. The van der Waals surface area contributed by atoms with Crippen LogP contribution in [-0.4, -0.2) is 32.3 Å². The zero-order valence-corrected chi connectivity index (χ0v) is 16.5. The van der Waals surface area contributed by atoms with Gasteiger partial charge in [-0.1, -0.05) is 17.7 Å². The van der Waals surface area contributed by atoms with E-state index in [1.807, 2.05) is 0 Å². The van der Waals surface area contributed by atoms with Crippen LogP contribution in [0, 0.1) is 5.82 Å². The summed E-state index contributed by atoms with van der Waals surface area (Å²) in [6.45, 7) is 0. The molecule has 1 amide bonds. The third-order valence-corrected chi connectivity index (χ3v) is 4.81. The normalized spacial score (nSPS) is 11.7. The van der Waals surface area contributed by atoms with Crippen molar-refractivity contribution in [3.8, 4) is 11.3 Å². The SMILES string of the molecule is CN(C(=O)c1cn2c(-c3ccc(C(F)(F)F)c(F)c3)cnc2cn1)c1ccc(Cl)nc1. The van der Waals surface area contributed by atoms with Crippen molar-refractivity contribution in [2.45, 2.75) is 6.18 Å². The Morgan fingerprint density at radius 3 is 2.48 bits per heavy atom. The molecule has 0 fully saturated rings. The Balaban J connectivity index is 1.72. The fraction of sp³-hybridized carbons (Fsp3) is 0.100. The zero-order chi connectivity index (χ0) is 22.3. The molecule has 0 unspecified atom stereocenters. The van der Waals surface area contributed by atoms with Crippen LogP contribution >= 0.6 is 11.6 Å². The molecule has 0 saturated heterocycles. The highest BCUT2D eigenvalue weighted by Crippen LogP contribution is 2.33. The molecule has 0 aliphatic rings. The average molecular weight is 450 g/mol. The number of nitrogens with zero attached hydrogens (tertiary/aromatic N) is 5. The highest BCUT2D eigenvalue weighted by molar-refractivity contribution is 6.29. The molecule has 158 valence electrons. The Bertz CT molecular complexity index is 1290. The Hall–Kier alpha value is -3.53. The van der Waals surface area contributed by atoms with Crippen molar-refractivity contribution in [3.05, 3.63) is 77.3 Å². The first-order chi connectivity index (χ1) is 14.6. The van der Waals surface area contributed by atoms with Gasteiger partial charge in [0.25, 0.3) is 5.91 Å². The minimum absolute atomic E-state index is 0.0385. The van der Waals surface area contributed by atoms with E-state index in [9.17, 15) is 22.4 Å². The second-order valence-electron chi connectivity index (χ2n) is 6.54. The third kappa shape index (κ3) is 3.93. The topological polar surface area (TPSA) is 63.4 Å². The highest BCUT2D eigenvalue weighted by Gasteiger charge is 2.34. The van der Waals surface area contributed by atoms with Gasteiger partial charge in [0.1, 0.15) is 16.7 Å². The third-order valence-electron chi connectivity index (χ3n) is 4.59. The second kappa shape index (κ2) is 7.62. The number of hydrogen-bond donors (Lipinski definition) is 0. The number of rotatable bonds is 3. The fourth-order valence-electron chi connectivity index (χ4n) is 2.97. The molecule has 3 heterocycles. The number of fused-ring (bicyclic) bond motifs is 1. The maximum Gasteiger partial charge on any atom is 0.419 e. The van der Waals surface area contributed by atoms with Gasteiger partial charge in [-0.2, -0.15) is 13.2 Å². The van der Waals surface area contributed by atoms with Crippen LogP contribution in [0.5, 0.6) is 0 Å². The molecule has 4 aromatic rings. The number of hydrogen-bond acceptors (Lipinski definition) is 4. The molecular weight excluding hydrogens is 438 g/mol. The Morgan fingerprint density at radius 1 is 1.06 bits per heavy atom. The van der Waals surface area contributed by atoms with Crippen molar-refractivity contribution in [2.24, 2.45) is 0 Å². The molecule has 6 nitrogen and oxygen atoms in total. The molecule has 4 rings (SSSR count). The largest absolute Gasteiger partial charge is 0.419 e. The number of imidazole rings is 1. The smallest absolute Gasteiger partial charge is 0.309 e. The predicted molar refractivity (Wildman–Crippen MR) is 105 cm³/mol. The van der Waals surface area contributed by atoms with Crippen molar-refractivity contribution in [3.63, 3.8) is 0 Å². The van der Waals surface area contributed by atoms with E-state index < -0.39 is 23.5 Å². The molecule has 0 aliphatic carbocycles. The lowest BCUT2D eigenvalue weighted by atomic mass is 10.1. The summed E-state index contributed by atoms with van der Waals surface area (Å²) in [7, 11) is 1.53. The molecule has 3 aromatic heterocycles. The number of anilines is 1. The molecule has 0 saturated carbocycles. The van der Waals surface area contributed by atoms with Crippen molar-refractivity contribution in [1.82, 2.24) is 19.4 Å². The van der Waals surface area contributed by atoms with Gasteiger partial charge in [0, 0.05) is 18.8 Å². The minimum Gasteiger partial charge on any atom is -0.309 e. The number of pyridine rings is 1. The van der Waals surface area contributed by atoms with Gasteiger partial charge in [0.2, 0.25) is 0 Å². The predicted octanol–water partition coefficient (Wildman–Crippen LogP) is 4.88. The standard InChI is InChI=1S/C20H12ClF4N5O/c1-29(12-3-5-17(21)27-7-12)19(31)15-10-30-16(8-28-18(30)9-26-15)11-2-4-13(14(22)6-11)20(23,24)25/h2-10H,1H3. The molecular formula is C20H12ClF4N5O. The van der Waals surface area contributed by atoms with Gasteiger partial charge in [-0.05, 0) is 24.3 Å². The van der Waals surface area contributed by atoms with E-state index in [-0.39, 0.29) is 16.4 Å². The Labute approximate surface area is 177 Å². The lowest BCUT2D eigenvalue weighted by Crippen LogP contribution is -2.27. The lowest BCUT2D eigenvalue weighted by Gasteiger charge is -2.16. The summed E-state index contributed by atoms with van der Waals surface area (Å²) in [5.41, 5.74) is -0.0419. The summed E-state index contributed by atoms with van der Waals surface area (Å²) in [5.74, 6) is -1.87. The molecule has 0 radical (unpaired) electrons. The van der Waals surface area contributed by atoms with Crippen molar-refractivity contribution < 1.29 is 22.4 Å². The van der Waals surface area contributed by atoms with Gasteiger partial charge in [-0.15, -0.1) is 0 Å². The number of carbonyl (C=O) groups is 1. The molecule has 31 heavy (non-hydrogen) atoms. The fourth-order valence-corrected chi connectivity index (χ4v) is 3.08. The first kappa shape index (κ1) is 20.7. The van der Waals surface area contributed by atoms with Crippen LogP contribution in [-0.2, 0) is 6.18 Å². The van der Waals surface area contributed by atoms with Crippen molar-refractivity contribution in [2.75, 3.05) is 11.9 Å². The Morgan fingerprint density at radius 2 is 1.84 bits per heavy atom. The van der Waals surface area contributed by atoms with Crippen molar-refractivity contribution in [1.29, 1.82) is 0 Å². The quantitative estimate of drug-likeness (QED) is 0.330. The van der Waals surface area contributed by atoms with Crippen LogP contribution in [0.3, 0.4) is 0 Å². The summed E-state index contributed by atoms with van der Waals surface area (Å²) >= 11 is 5.76. The number of benzene rings is 1. The maximum atomic E-state index is 14.0. The number of amides is 1. The van der Waals surface area contributed by atoms with Crippen LogP contribution < -0.4 is 4.90 Å². The maximum absolute atomic E-state index is 14.0. The van der Waals surface area contributed by atoms with Crippen molar-refractivity contribution >= 4 is 28.8 Å². The van der Waals surface area contributed by atoms with Crippen LogP contribution in [0.2, 0.25) is 5.15 Å².